The fourth-order valence-electron chi connectivity index (χ4n) is 1.64. The summed E-state index contributed by atoms with van der Waals surface area (Å²) in [6.07, 6.45) is 38.0. The van der Waals surface area contributed by atoms with Crippen molar-refractivity contribution in [2.75, 3.05) is 0 Å². The normalized spacial score (nSPS) is 17.6. The number of hydrogen-bond donors (Lipinski definition) is 0. The van der Waals surface area contributed by atoms with Crippen LogP contribution in [0.1, 0.15) is 25.7 Å². The van der Waals surface area contributed by atoms with Crippen LogP contribution in [-0.4, -0.2) is 0 Å². The third kappa shape index (κ3) is 11.0. The maximum atomic E-state index is 2.23. The zero-order valence-corrected chi connectivity index (χ0v) is 12.1. The number of hydrogen-bond acceptors (Lipinski definition) is 0. The first-order valence-electron chi connectivity index (χ1n) is 7.32. The summed E-state index contributed by atoms with van der Waals surface area (Å²) in [6.45, 7) is 0. The zero-order chi connectivity index (χ0) is 14.1. The summed E-state index contributed by atoms with van der Waals surface area (Å²) in [5.41, 5.74) is 0. The Balaban J connectivity index is 2.52. The molecule has 1 rings (SSSR count). The standard InChI is InChI=1S/C20H24/c1-2-4-6-8-10-12-14-16-18-20-19-17-15-13-11-9-7-5-3-1/h1-16H,17-20H2. The maximum absolute atomic E-state index is 2.23. The third-order valence-corrected chi connectivity index (χ3v) is 2.71. The van der Waals surface area contributed by atoms with Gasteiger partial charge in [-0.15, -0.1) is 0 Å². The molecule has 0 saturated heterocycles. The van der Waals surface area contributed by atoms with Gasteiger partial charge in [0.15, 0.2) is 0 Å². The van der Waals surface area contributed by atoms with Crippen molar-refractivity contribution >= 4 is 0 Å². The Bertz CT molecular complexity index is 404. The zero-order valence-electron chi connectivity index (χ0n) is 12.1. The van der Waals surface area contributed by atoms with Crippen LogP contribution in [-0.2, 0) is 0 Å². The lowest BCUT2D eigenvalue weighted by Gasteiger charge is -1.91. The molecule has 0 heterocycles. The van der Waals surface area contributed by atoms with Crippen LogP contribution in [0.25, 0.3) is 0 Å². The molecule has 0 bridgehead atoms. The summed E-state index contributed by atoms with van der Waals surface area (Å²) < 4.78 is 0. The Hall–Kier alpha value is -2.08. The van der Waals surface area contributed by atoms with Crippen LogP contribution < -0.4 is 0 Å². The second kappa shape index (κ2) is 13.4. The Morgan fingerprint density at radius 1 is 0.300 bits per heavy atom. The van der Waals surface area contributed by atoms with E-state index in [4.69, 9.17) is 0 Å². The van der Waals surface area contributed by atoms with E-state index in [0.29, 0.717) is 0 Å². The monoisotopic (exact) mass is 264 g/mol. The summed E-state index contributed by atoms with van der Waals surface area (Å²) >= 11 is 0. The van der Waals surface area contributed by atoms with Crippen LogP contribution in [0.4, 0.5) is 0 Å². The fourth-order valence-corrected chi connectivity index (χ4v) is 1.64. The van der Waals surface area contributed by atoms with Gasteiger partial charge in [-0.25, -0.2) is 0 Å². The van der Waals surface area contributed by atoms with Crippen LogP contribution in [0.3, 0.4) is 0 Å². The van der Waals surface area contributed by atoms with Crippen molar-refractivity contribution in [3.63, 3.8) is 0 Å². The van der Waals surface area contributed by atoms with E-state index in [1.165, 1.54) is 12.8 Å². The molecule has 0 saturated carbocycles. The van der Waals surface area contributed by atoms with Crippen LogP contribution in [0.2, 0.25) is 0 Å². The average molecular weight is 264 g/mol. The molecule has 1 aliphatic rings. The smallest absolute Gasteiger partial charge is 0.0347 e. The molecular weight excluding hydrogens is 240 g/mol. The van der Waals surface area contributed by atoms with Crippen molar-refractivity contribution in [3.05, 3.63) is 97.2 Å². The van der Waals surface area contributed by atoms with E-state index >= 15 is 0 Å². The number of rotatable bonds is 0. The molecule has 20 heavy (non-hydrogen) atoms. The topological polar surface area (TPSA) is 0 Å². The second-order valence-corrected chi connectivity index (χ2v) is 4.45. The van der Waals surface area contributed by atoms with Crippen LogP contribution >= 0.6 is 0 Å². The molecule has 0 fully saturated rings. The molecule has 0 aliphatic heterocycles. The first-order chi connectivity index (χ1) is 10.0. The third-order valence-electron chi connectivity index (χ3n) is 2.71. The maximum Gasteiger partial charge on any atom is -0.0347 e. The Kier molecular flexibility index (Phi) is 10.7. The van der Waals surface area contributed by atoms with Crippen LogP contribution in [0.15, 0.2) is 97.2 Å². The lowest BCUT2D eigenvalue weighted by molar-refractivity contribution is 0.762. The molecule has 0 radical (unpaired) electrons. The molecule has 0 aromatic rings. The molecule has 0 N–H and O–H groups in total. The van der Waals surface area contributed by atoms with Crippen LogP contribution in [0.5, 0.6) is 0 Å². The largest absolute Gasteiger partial charge is 0.0845 e. The van der Waals surface area contributed by atoms with Gasteiger partial charge in [-0.1, -0.05) is 97.2 Å². The van der Waals surface area contributed by atoms with Gasteiger partial charge in [-0.2, -0.15) is 0 Å². The summed E-state index contributed by atoms with van der Waals surface area (Å²) in [7, 11) is 0. The predicted molar refractivity (Wildman–Crippen MR) is 91.6 cm³/mol. The Morgan fingerprint density at radius 3 is 0.850 bits per heavy atom. The highest BCUT2D eigenvalue weighted by molar-refractivity contribution is 5.21. The lowest BCUT2D eigenvalue weighted by atomic mass is 10.2. The van der Waals surface area contributed by atoms with Gasteiger partial charge in [-0.3, -0.25) is 0 Å². The van der Waals surface area contributed by atoms with Crippen molar-refractivity contribution in [1.82, 2.24) is 0 Å². The molecular formula is C20H24. The van der Waals surface area contributed by atoms with Gasteiger partial charge in [0.25, 0.3) is 0 Å². The van der Waals surface area contributed by atoms with Gasteiger partial charge < -0.3 is 0 Å². The summed E-state index contributed by atoms with van der Waals surface area (Å²) in [5, 5.41) is 0. The fraction of sp³-hybridized carbons (Fsp3) is 0.200. The minimum atomic E-state index is 1.16. The van der Waals surface area contributed by atoms with E-state index in [2.05, 4.69) is 48.6 Å². The van der Waals surface area contributed by atoms with Gasteiger partial charge in [-0.05, 0) is 25.7 Å². The highest BCUT2D eigenvalue weighted by Crippen LogP contribution is 2.02. The molecule has 0 atom stereocenters. The van der Waals surface area contributed by atoms with Crippen molar-refractivity contribution in [2.45, 2.75) is 25.7 Å². The Morgan fingerprint density at radius 2 is 0.550 bits per heavy atom. The predicted octanol–water partition coefficient (Wildman–Crippen LogP) is 6.01. The summed E-state index contributed by atoms with van der Waals surface area (Å²) in [4.78, 5) is 0. The van der Waals surface area contributed by atoms with Crippen molar-refractivity contribution < 1.29 is 0 Å². The SMILES string of the molecule is C1=CC=CC=CC=CCCCCC=CC=CC=CC=C1. The molecule has 0 aromatic carbocycles. The molecule has 104 valence electrons. The molecule has 0 unspecified atom stereocenters. The quantitative estimate of drug-likeness (QED) is 0.502. The van der Waals surface area contributed by atoms with E-state index < -0.39 is 0 Å². The Labute approximate surface area is 123 Å². The van der Waals surface area contributed by atoms with Gasteiger partial charge in [0, 0.05) is 0 Å². The average Bonchev–Trinajstić information content (AvgIpc) is 2.46. The van der Waals surface area contributed by atoms with Gasteiger partial charge in [0.2, 0.25) is 0 Å². The number of allylic oxidation sites excluding steroid dienone is 16. The lowest BCUT2D eigenvalue weighted by Crippen LogP contribution is -1.71. The van der Waals surface area contributed by atoms with E-state index in [1.807, 2.05) is 48.6 Å². The van der Waals surface area contributed by atoms with E-state index in [1.54, 1.807) is 0 Å². The van der Waals surface area contributed by atoms with Gasteiger partial charge >= 0.3 is 0 Å². The first kappa shape index (κ1) is 16.0. The van der Waals surface area contributed by atoms with Gasteiger partial charge in [0.1, 0.15) is 0 Å². The van der Waals surface area contributed by atoms with Crippen LogP contribution in [0, 0.1) is 0 Å². The minimum Gasteiger partial charge on any atom is -0.0845 e. The van der Waals surface area contributed by atoms with Crippen molar-refractivity contribution in [3.8, 4) is 0 Å². The molecule has 0 aromatic heterocycles. The highest BCUT2D eigenvalue weighted by Gasteiger charge is 1.82. The summed E-state index contributed by atoms with van der Waals surface area (Å²) in [5.74, 6) is 0. The second-order valence-electron chi connectivity index (χ2n) is 4.45. The molecule has 0 amide bonds. The molecule has 1 aliphatic carbocycles. The van der Waals surface area contributed by atoms with Crippen molar-refractivity contribution in [2.24, 2.45) is 0 Å². The molecule has 0 spiro atoms. The first-order valence-corrected chi connectivity index (χ1v) is 7.32. The van der Waals surface area contributed by atoms with Gasteiger partial charge in [0.05, 0.1) is 0 Å². The summed E-state index contributed by atoms with van der Waals surface area (Å²) in [6, 6.07) is 0. The van der Waals surface area contributed by atoms with E-state index in [0.717, 1.165) is 12.8 Å². The highest BCUT2D eigenvalue weighted by atomic mass is 13.9. The van der Waals surface area contributed by atoms with E-state index in [9.17, 15) is 0 Å². The molecule has 0 nitrogen and oxygen atoms in total. The van der Waals surface area contributed by atoms with Crippen molar-refractivity contribution in [1.29, 1.82) is 0 Å². The minimum absolute atomic E-state index is 1.16. The molecule has 0 heteroatoms. The van der Waals surface area contributed by atoms with E-state index in [-0.39, 0.29) is 0 Å².